The van der Waals surface area contributed by atoms with Gasteiger partial charge in [0.05, 0.1) is 11.7 Å². The van der Waals surface area contributed by atoms with Crippen molar-refractivity contribution < 1.29 is 10.2 Å². The van der Waals surface area contributed by atoms with Crippen molar-refractivity contribution >= 4 is 0 Å². The Bertz CT molecular complexity index is 198. The average molecular weight is 170 g/mol. The van der Waals surface area contributed by atoms with E-state index in [0.29, 0.717) is 0 Å². The van der Waals surface area contributed by atoms with Crippen LogP contribution in [0.4, 0.5) is 0 Å². The van der Waals surface area contributed by atoms with E-state index in [1.54, 1.807) is 13.0 Å². The zero-order valence-corrected chi connectivity index (χ0v) is 8.04. The Morgan fingerprint density at radius 2 is 2.00 bits per heavy atom. The van der Waals surface area contributed by atoms with Gasteiger partial charge in [-0.3, -0.25) is 0 Å². The maximum atomic E-state index is 10.1. The molecule has 12 heavy (non-hydrogen) atoms. The van der Waals surface area contributed by atoms with Gasteiger partial charge in [-0.1, -0.05) is 19.1 Å². The van der Waals surface area contributed by atoms with Gasteiger partial charge in [-0.15, -0.1) is 0 Å². The molecule has 0 spiro atoms. The molecule has 3 atom stereocenters. The van der Waals surface area contributed by atoms with Gasteiger partial charge >= 0.3 is 0 Å². The molecule has 0 saturated heterocycles. The first-order valence-electron chi connectivity index (χ1n) is 4.50. The molecular weight excluding hydrogens is 152 g/mol. The van der Waals surface area contributed by atoms with E-state index in [-0.39, 0.29) is 5.41 Å². The Hall–Kier alpha value is -0.340. The van der Waals surface area contributed by atoms with Crippen LogP contribution in [0.5, 0.6) is 0 Å². The minimum absolute atomic E-state index is 0.348. The summed E-state index contributed by atoms with van der Waals surface area (Å²) in [5.74, 6) is 0. The molecule has 0 heterocycles. The van der Waals surface area contributed by atoms with Crippen molar-refractivity contribution in [3.63, 3.8) is 0 Å². The molecule has 0 aromatic rings. The molecule has 0 aromatic heterocycles. The molecule has 1 saturated carbocycles. The fourth-order valence-electron chi connectivity index (χ4n) is 1.90. The van der Waals surface area contributed by atoms with Gasteiger partial charge in [0.25, 0.3) is 0 Å². The lowest BCUT2D eigenvalue weighted by molar-refractivity contribution is -0.171. The van der Waals surface area contributed by atoms with Crippen molar-refractivity contribution in [1.29, 1.82) is 0 Å². The van der Waals surface area contributed by atoms with Crippen LogP contribution in [0.1, 0.15) is 33.6 Å². The minimum atomic E-state index is -0.782. The van der Waals surface area contributed by atoms with Crippen molar-refractivity contribution in [3.05, 3.63) is 12.2 Å². The first-order chi connectivity index (χ1) is 5.46. The third kappa shape index (κ3) is 1.10. The summed E-state index contributed by atoms with van der Waals surface area (Å²) in [6.45, 7) is 5.56. The lowest BCUT2D eigenvalue weighted by atomic mass is 9.55. The van der Waals surface area contributed by atoms with Crippen LogP contribution in [0.2, 0.25) is 0 Å². The third-order valence-corrected chi connectivity index (χ3v) is 3.38. The van der Waals surface area contributed by atoms with E-state index >= 15 is 0 Å². The highest BCUT2D eigenvalue weighted by Crippen LogP contribution is 2.52. The molecule has 70 valence electrons. The van der Waals surface area contributed by atoms with Gasteiger partial charge in [0.1, 0.15) is 0 Å². The van der Waals surface area contributed by atoms with E-state index in [4.69, 9.17) is 0 Å². The molecule has 0 amide bonds. The van der Waals surface area contributed by atoms with Crippen molar-refractivity contribution in [1.82, 2.24) is 0 Å². The van der Waals surface area contributed by atoms with Crippen LogP contribution in [-0.4, -0.2) is 21.9 Å². The molecule has 0 aliphatic heterocycles. The largest absolute Gasteiger partial charge is 0.393 e. The predicted octanol–water partition coefficient (Wildman–Crippen LogP) is 1.47. The van der Waals surface area contributed by atoms with Crippen LogP contribution in [0.3, 0.4) is 0 Å². The third-order valence-electron chi connectivity index (χ3n) is 3.38. The summed E-state index contributed by atoms with van der Waals surface area (Å²) >= 11 is 0. The maximum absolute atomic E-state index is 10.1. The maximum Gasteiger partial charge on any atom is 0.0905 e. The van der Waals surface area contributed by atoms with Crippen molar-refractivity contribution in [2.75, 3.05) is 0 Å². The quantitative estimate of drug-likeness (QED) is 0.616. The normalized spacial score (nSPS) is 44.4. The molecule has 1 aliphatic carbocycles. The Morgan fingerprint density at radius 3 is 2.25 bits per heavy atom. The van der Waals surface area contributed by atoms with E-state index in [9.17, 15) is 10.2 Å². The molecule has 1 aliphatic rings. The highest BCUT2D eigenvalue weighted by Gasteiger charge is 2.55. The molecule has 2 nitrogen and oxygen atoms in total. The topological polar surface area (TPSA) is 40.5 Å². The van der Waals surface area contributed by atoms with Gasteiger partial charge in [-0.25, -0.2) is 0 Å². The SMILES string of the molecule is C/C=C/[C@]1(O)CC[C@]1(C)[C@@H](C)O. The number of aliphatic hydroxyl groups is 2. The zero-order valence-electron chi connectivity index (χ0n) is 8.04. The fraction of sp³-hybridized carbons (Fsp3) is 0.800. The summed E-state index contributed by atoms with van der Waals surface area (Å²) in [5.41, 5.74) is -1.13. The molecule has 2 heteroatoms. The Morgan fingerprint density at radius 1 is 1.42 bits per heavy atom. The molecule has 0 radical (unpaired) electrons. The van der Waals surface area contributed by atoms with Gasteiger partial charge in [0, 0.05) is 5.41 Å². The molecule has 0 bridgehead atoms. The van der Waals surface area contributed by atoms with E-state index in [1.807, 2.05) is 19.9 Å². The first kappa shape index (κ1) is 9.75. The van der Waals surface area contributed by atoms with Crippen LogP contribution in [0.25, 0.3) is 0 Å². The molecule has 1 rings (SSSR count). The summed E-state index contributed by atoms with van der Waals surface area (Å²) in [4.78, 5) is 0. The summed E-state index contributed by atoms with van der Waals surface area (Å²) in [5, 5.41) is 19.6. The van der Waals surface area contributed by atoms with Gasteiger partial charge in [0.2, 0.25) is 0 Å². The lowest BCUT2D eigenvalue weighted by Gasteiger charge is -2.54. The second-order valence-electron chi connectivity index (χ2n) is 4.02. The van der Waals surface area contributed by atoms with Crippen molar-refractivity contribution in [2.24, 2.45) is 5.41 Å². The van der Waals surface area contributed by atoms with E-state index in [1.165, 1.54) is 0 Å². The van der Waals surface area contributed by atoms with Crippen LogP contribution in [0.15, 0.2) is 12.2 Å². The van der Waals surface area contributed by atoms with Crippen LogP contribution in [0, 0.1) is 5.41 Å². The first-order valence-corrected chi connectivity index (χ1v) is 4.50. The predicted molar refractivity (Wildman–Crippen MR) is 48.8 cm³/mol. The lowest BCUT2D eigenvalue weighted by Crippen LogP contribution is -2.59. The van der Waals surface area contributed by atoms with E-state index in [0.717, 1.165) is 12.8 Å². The second-order valence-corrected chi connectivity index (χ2v) is 4.02. The monoisotopic (exact) mass is 170 g/mol. The standard InChI is InChI=1S/C10H18O2/c1-4-5-10(12)7-6-9(10,3)8(2)11/h4-5,8,11-12H,6-7H2,1-3H3/b5-4+/t8-,9-,10+/m1/s1. The number of aliphatic hydroxyl groups excluding tert-OH is 1. The number of hydrogen-bond donors (Lipinski definition) is 2. The van der Waals surface area contributed by atoms with Crippen LogP contribution < -0.4 is 0 Å². The second kappa shape index (κ2) is 2.86. The van der Waals surface area contributed by atoms with Crippen molar-refractivity contribution in [3.8, 4) is 0 Å². The summed E-state index contributed by atoms with van der Waals surface area (Å²) in [6, 6.07) is 0. The summed E-state index contributed by atoms with van der Waals surface area (Å²) in [7, 11) is 0. The summed E-state index contributed by atoms with van der Waals surface area (Å²) < 4.78 is 0. The molecular formula is C10H18O2. The molecule has 2 N–H and O–H groups in total. The van der Waals surface area contributed by atoms with E-state index in [2.05, 4.69) is 0 Å². The number of allylic oxidation sites excluding steroid dienone is 1. The zero-order chi connectivity index (χ0) is 9.41. The minimum Gasteiger partial charge on any atom is -0.393 e. The Labute approximate surface area is 73.9 Å². The smallest absolute Gasteiger partial charge is 0.0905 e. The fourth-order valence-corrected chi connectivity index (χ4v) is 1.90. The van der Waals surface area contributed by atoms with Crippen molar-refractivity contribution in [2.45, 2.75) is 45.3 Å². The molecule has 0 unspecified atom stereocenters. The molecule has 1 fully saturated rings. The van der Waals surface area contributed by atoms with Gasteiger partial charge < -0.3 is 10.2 Å². The summed E-state index contributed by atoms with van der Waals surface area (Å²) in [6.07, 6.45) is 4.85. The highest BCUT2D eigenvalue weighted by molar-refractivity contribution is 5.17. The van der Waals surface area contributed by atoms with Gasteiger partial charge in [-0.05, 0) is 26.7 Å². The van der Waals surface area contributed by atoms with E-state index < -0.39 is 11.7 Å². The molecule has 0 aromatic carbocycles. The Balaban J connectivity index is 2.82. The van der Waals surface area contributed by atoms with Gasteiger partial charge in [-0.2, -0.15) is 0 Å². The average Bonchev–Trinajstić information content (AvgIpc) is 2.01. The van der Waals surface area contributed by atoms with Gasteiger partial charge in [0.15, 0.2) is 0 Å². The number of hydrogen-bond acceptors (Lipinski definition) is 2. The Kier molecular flexibility index (Phi) is 2.32. The van der Waals surface area contributed by atoms with Crippen LogP contribution >= 0.6 is 0 Å². The van der Waals surface area contributed by atoms with Crippen LogP contribution in [-0.2, 0) is 0 Å². The number of rotatable bonds is 2. The highest BCUT2D eigenvalue weighted by atomic mass is 16.3.